The zero-order valence-electron chi connectivity index (χ0n) is 21.0. The van der Waals surface area contributed by atoms with E-state index in [1.54, 1.807) is 0 Å². The Morgan fingerprint density at radius 1 is 0.914 bits per heavy atom. The van der Waals surface area contributed by atoms with Gasteiger partial charge >= 0.3 is 0 Å². The molecule has 3 amide bonds. The third kappa shape index (κ3) is 6.02. The number of nitrogens with zero attached hydrogens (tertiary/aromatic N) is 2. The summed E-state index contributed by atoms with van der Waals surface area (Å²) < 4.78 is 0. The van der Waals surface area contributed by atoms with Gasteiger partial charge in [0, 0.05) is 62.7 Å². The van der Waals surface area contributed by atoms with E-state index in [9.17, 15) is 14.4 Å². The number of anilines is 1. The highest BCUT2D eigenvalue weighted by Crippen LogP contribution is 2.35. The molecule has 2 aromatic rings. The first-order valence-electron chi connectivity index (χ1n) is 12.5. The van der Waals surface area contributed by atoms with Crippen LogP contribution >= 0.6 is 0 Å². The molecule has 0 spiro atoms. The smallest absolute Gasteiger partial charge is 0.254 e. The van der Waals surface area contributed by atoms with E-state index in [0.29, 0.717) is 18.4 Å². The van der Waals surface area contributed by atoms with Gasteiger partial charge in [0.1, 0.15) is 0 Å². The van der Waals surface area contributed by atoms with Crippen LogP contribution in [0.4, 0.5) is 5.69 Å². The molecule has 0 bridgehead atoms. The van der Waals surface area contributed by atoms with Crippen LogP contribution in [-0.4, -0.2) is 61.9 Å². The molecule has 0 saturated carbocycles. The van der Waals surface area contributed by atoms with Gasteiger partial charge in [-0.3, -0.25) is 14.4 Å². The minimum atomic E-state index is -0.205. The molecule has 2 aromatic carbocycles. The Kier molecular flexibility index (Phi) is 7.73. The van der Waals surface area contributed by atoms with E-state index in [4.69, 9.17) is 0 Å². The van der Waals surface area contributed by atoms with Crippen molar-refractivity contribution in [2.75, 3.05) is 44.2 Å². The average Bonchev–Trinajstić information content (AvgIpc) is 3.40. The van der Waals surface area contributed by atoms with Crippen molar-refractivity contribution in [2.24, 2.45) is 11.8 Å². The Bertz CT molecular complexity index is 1070. The van der Waals surface area contributed by atoms with Crippen molar-refractivity contribution in [3.63, 3.8) is 0 Å². The highest BCUT2D eigenvalue weighted by molar-refractivity contribution is 5.97. The molecule has 0 aliphatic carbocycles. The number of carbonyl (C=O) groups is 3. The summed E-state index contributed by atoms with van der Waals surface area (Å²) in [7, 11) is 0. The maximum atomic E-state index is 13.2. The van der Waals surface area contributed by atoms with Crippen molar-refractivity contribution >= 4 is 23.4 Å². The van der Waals surface area contributed by atoms with E-state index in [0.717, 1.165) is 55.7 Å². The largest absolute Gasteiger partial charge is 0.371 e. The topological polar surface area (TPSA) is 81.8 Å². The summed E-state index contributed by atoms with van der Waals surface area (Å²) in [5.41, 5.74) is 5.46. The lowest BCUT2D eigenvalue weighted by atomic mass is 10.0. The van der Waals surface area contributed by atoms with Crippen molar-refractivity contribution in [2.45, 2.75) is 33.6 Å². The molecule has 35 heavy (non-hydrogen) atoms. The Morgan fingerprint density at radius 2 is 1.57 bits per heavy atom. The van der Waals surface area contributed by atoms with Gasteiger partial charge in [-0.1, -0.05) is 30.3 Å². The van der Waals surface area contributed by atoms with Gasteiger partial charge in [-0.2, -0.15) is 0 Å². The van der Waals surface area contributed by atoms with Crippen molar-refractivity contribution in [1.29, 1.82) is 0 Å². The molecule has 2 fully saturated rings. The number of hydrogen-bond donors (Lipinski definition) is 2. The molecule has 2 N–H and O–H groups in total. The first-order chi connectivity index (χ1) is 16.8. The molecular weight excluding hydrogens is 440 g/mol. The van der Waals surface area contributed by atoms with Crippen LogP contribution < -0.4 is 15.5 Å². The van der Waals surface area contributed by atoms with Crippen LogP contribution in [0, 0.1) is 25.7 Å². The molecule has 2 heterocycles. The third-order valence-corrected chi connectivity index (χ3v) is 7.21. The Balaban J connectivity index is 1.27. The Hall–Kier alpha value is -3.35. The van der Waals surface area contributed by atoms with E-state index in [2.05, 4.69) is 44.7 Å². The second-order valence-electron chi connectivity index (χ2n) is 9.94. The number of benzene rings is 2. The van der Waals surface area contributed by atoms with Crippen LogP contribution in [0.5, 0.6) is 0 Å². The normalized spacial score (nSPS) is 18.9. The van der Waals surface area contributed by atoms with E-state index >= 15 is 0 Å². The van der Waals surface area contributed by atoms with Crippen molar-refractivity contribution in [3.05, 3.63) is 64.7 Å². The fourth-order valence-corrected chi connectivity index (χ4v) is 5.38. The first kappa shape index (κ1) is 24.8. The summed E-state index contributed by atoms with van der Waals surface area (Å²) in [5.74, 6) is 0.815. The molecule has 2 aliphatic rings. The van der Waals surface area contributed by atoms with Gasteiger partial charge in [-0.05, 0) is 55.5 Å². The number of carbonyl (C=O) groups excluding carboxylic acids is 3. The second-order valence-corrected chi connectivity index (χ2v) is 9.94. The molecule has 2 unspecified atom stereocenters. The lowest BCUT2D eigenvalue weighted by Crippen LogP contribution is -2.36. The zero-order valence-corrected chi connectivity index (χ0v) is 21.0. The summed E-state index contributed by atoms with van der Waals surface area (Å²) in [6.45, 7) is 9.65. The maximum Gasteiger partial charge on any atom is 0.254 e. The molecule has 0 radical (unpaired) electrons. The number of nitrogens with one attached hydrogen (secondary N) is 2. The lowest BCUT2D eigenvalue weighted by Gasteiger charge is -2.24. The average molecular weight is 477 g/mol. The number of likely N-dealkylation sites (tertiary alicyclic amines) is 1. The Labute approximate surface area is 207 Å². The summed E-state index contributed by atoms with van der Waals surface area (Å²) in [6, 6.07) is 14.7. The van der Waals surface area contributed by atoms with Crippen LogP contribution in [0.3, 0.4) is 0 Å². The van der Waals surface area contributed by atoms with Gasteiger partial charge in [0.2, 0.25) is 11.8 Å². The summed E-state index contributed by atoms with van der Waals surface area (Å²) in [4.78, 5) is 40.3. The quantitative estimate of drug-likeness (QED) is 0.574. The number of amides is 3. The molecule has 2 saturated heterocycles. The standard InChI is InChI=1S/C28H36N4O3/c1-19-7-4-8-20(2)27(19)28(35)32-17-23-15-31(16-24(23)18-32)25-11-5-9-22(13-25)10-6-12-29-26(34)14-30-21(3)33/h4-5,7-9,11,13,23-24H,6,10,12,14-18H2,1-3H3,(H,29,34)(H,30,33). The summed E-state index contributed by atoms with van der Waals surface area (Å²) >= 11 is 0. The van der Waals surface area contributed by atoms with Crippen LogP contribution in [0.25, 0.3) is 0 Å². The van der Waals surface area contributed by atoms with Gasteiger partial charge in [0.25, 0.3) is 5.91 Å². The molecule has 4 rings (SSSR count). The van der Waals surface area contributed by atoms with Crippen LogP contribution in [-0.2, 0) is 16.0 Å². The van der Waals surface area contributed by atoms with Crippen molar-refractivity contribution in [3.8, 4) is 0 Å². The predicted octanol–water partition coefficient (Wildman–Crippen LogP) is 2.70. The number of fused-ring (bicyclic) bond motifs is 1. The van der Waals surface area contributed by atoms with Crippen molar-refractivity contribution in [1.82, 2.24) is 15.5 Å². The number of rotatable bonds is 8. The number of aryl methyl sites for hydroxylation is 3. The van der Waals surface area contributed by atoms with Crippen LogP contribution in [0.15, 0.2) is 42.5 Å². The molecule has 0 aromatic heterocycles. The fourth-order valence-electron chi connectivity index (χ4n) is 5.38. The lowest BCUT2D eigenvalue weighted by molar-refractivity contribution is -0.125. The van der Waals surface area contributed by atoms with Crippen molar-refractivity contribution < 1.29 is 14.4 Å². The minimum absolute atomic E-state index is 0.0235. The van der Waals surface area contributed by atoms with E-state index < -0.39 is 0 Å². The van der Waals surface area contributed by atoms with Gasteiger partial charge in [-0.25, -0.2) is 0 Å². The third-order valence-electron chi connectivity index (χ3n) is 7.21. The Morgan fingerprint density at radius 3 is 2.23 bits per heavy atom. The van der Waals surface area contributed by atoms with Gasteiger partial charge in [0.05, 0.1) is 6.54 Å². The fraction of sp³-hybridized carbons (Fsp3) is 0.464. The van der Waals surface area contributed by atoms with Crippen LogP contribution in [0.2, 0.25) is 0 Å². The number of hydrogen-bond acceptors (Lipinski definition) is 4. The molecule has 2 aliphatic heterocycles. The van der Waals surface area contributed by atoms with Gasteiger partial charge < -0.3 is 20.4 Å². The van der Waals surface area contributed by atoms with E-state index in [1.165, 1.54) is 18.2 Å². The van der Waals surface area contributed by atoms with E-state index in [1.807, 2.05) is 32.0 Å². The van der Waals surface area contributed by atoms with Gasteiger partial charge in [0.15, 0.2) is 0 Å². The SMILES string of the molecule is CC(=O)NCC(=O)NCCCc1cccc(N2CC3CN(C(=O)c4c(C)cccc4C)CC3C2)c1. The minimum Gasteiger partial charge on any atom is -0.371 e. The summed E-state index contributed by atoms with van der Waals surface area (Å²) in [5, 5.41) is 5.34. The second kappa shape index (κ2) is 10.9. The molecule has 7 nitrogen and oxygen atoms in total. The first-order valence-corrected chi connectivity index (χ1v) is 12.5. The molecule has 2 atom stereocenters. The predicted molar refractivity (Wildman–Crippen MR) is 137 cm³/mol. The highest BCUT2D eigenvalue weighted by atomic mass is 16.2. The van der Waals surface area contributed by atoms with Gasteiger partial charge in [-0.15, -0.1) is 0 Å². The van der Waals surface area contributed by atoms with Crippen LogP contribution in [0.1, 0.15) is 40.4 Å². The molecule has 186 valence electrons. The summed E-state index contributed by atoms with van der Waals surface area (Å²) in [6.07, 6.45) is 1.73. The maximum absolute atomic E-state index is 13.2. The molecule has 7 heteroatoms. The zero-order chi connectivity index (χ0) is 24.9. The highest BCUT2D eigenvalue weighted by Gasteiger charge is 2.42. The monoisotopic (exact) mass is 476 g/mol. The molecular formula is C28H36N4O3. The van der Waals surface area contributed by atoms with E-state index in [-0.39, 0.29) is 24.3 Å².